The third kappa shape index (κ3) is 3.54. The lowest BCUT2D eigenvalue weighted by atomic mass is 9.99. The summed E-state index contributed by atoms with van der Waals surface area (Å²) in [5.41, 5.74) is 0. The van der Waals surface area contributed by atoms with Crippen LogP contribution in [0.15, 0.2) is 29.9 Å². The van der Waals surface area contributed by atoms with Crippen LogP contribution in [0.4, 0.5) is 0 Å². The van der Waals surface area contributed by atoms with E-state index in [2.05, 4.69) is 9.55 Å². The average molecular weight is 347 g/mol. The zero-order valence-electron chi connectivity index (χ0n) is 14.3. The van der Waals surface area contributed by atoms with Crippen molar-refractivity contribution in [1.82, 2.24) is 14.5 Å². The third-order valence-corrected chi connectivity index (χ3v) is 5.93. The van der Waals surface area contributed by atoms with Crippen molar-refractivity contribution in [3.05, 3.63) is 40.6 Å². The zero-order chi connectivity index (χ0) is 17.1. The molecule has 0 bridgehead atoms. The van der Waals surface area contributed by atoms with Gasteiger partial charge in [-0.25, -0.2) is 4.98 Å². The van der Waals surface area contributed by atoms with Crippen LogP contribution in [-0.4, -0.2) is 44.7 Å². The molecule has 3 rings (SSSR count). The zero-order valence-corrected chi connectivity index (χ0v) is 15.1. The average Bonchev–Trinajstić information content (AvgIpc) is 3.18. The first-order valence-corrected chi connectivity index (χ1v) is 9.41. The molecule has 0 saturated heterocycles. The summed E-state index contributed by atoms with van der Waals surface area (Å²) in [5, 5.41) is 13.0. The monoisotopic (exact) mass is 347 g/mol. The van der Waals surface area contributed by atoms with Gasteiger partial charge in [-0.15, -0.1) is 11.3 Å². The highest BCUT2D eigenvalue weighted by Gasteiger charge is 2.35. The highest BCUT2D eigenvalue weighted by molar-refractivity contribution is 7.10. The fourth-order valence-electron chi connectivity index (χ4n) is 3.64. The topological polar surface area (TPSA) is 58.4 Å². The maximum atomic E-state index is 12.6. The van der Waals surface area contributed by atoms with Gasteiger partial charge in [0, 0.05) is 24.3 Å². The van der Waals surface area contributed by atoms with Crippen molar-refractivity contribution in [3.63, 3.8) is 0 Å². The van der Waals surface area contributed by atoms with Crippen LogP contribution in [0.3, 0.4) is 0 Å². The van der Waals surface area contributed by atoms with E-state index >= 15 is 0 Å². The number of aliphatic hydroxyl groups excluding tert-OH is 1. The van der Waals surface area contributed by atoms with Gasteiger partial charge in [0.1, 0.15) is 5.82 Å². The van der Waals surface area contributed by atoms with Crippen molar-refractivity contribution in [2.75, 3.05) is 7.05 Å². The number of amides is 1. The van der Waals surface area contributed by atoms with E-state index in [4.69, 9.17) is 0 Å². The molecule has 130 valence electrons. The predicted octanol–water partition coefficient (Wildman–Crippen LogP) is 2.80. The molecule has 2 aromatic heterocycles. The molecule has 2 aromatic rings. The molecule has 0 aromatic carbocycles. The van der Waals surface area contributed by atoms with Crippen molar-refractivity contribution < 1.29 is 9.90 Å². The molecular weight excluding hydrogens is 322 g/mol. The Bertz CT molecular complexity index is 668. The molecule has 1 aliphatic carbocycles. The molecule has 1 fully saturated rings. The lowest BCUT2D eigenvalue weighted by Gasteiger charge is -2.35. The molecule has 6 heteroatoms. The Morgan fingerprint density at radius 2 is 2.25 bits per heavy atom. The van der Waals surface area contributed by atoms with Crippen molar-refractivity contribution in [3.8, 4) is 0 Å². The lowest BCUT2D eigenvalue weighted by Crippen LogP contribution is -2.47. The van der Waals surface area contributed by atoms with Gasteiger partial charge >= 0.3 is 0 Å². The number of aliphatic hydroxyl groups is 1. The van der Waals surface area contributed by atoms with Crippen LogP contribution in [0.2, 0.25) is 0 Å². The van der Waals surface area contributed by atoms with E-state index < -0.39 is 6.10 Å². The highest BCUT2D eigenvalue weighted by atomic mass is 32.1. The van der Waals surface area contributed by atoms with Crippen LogP contribution in [-0.2, 0) is 11.2 Å². The summed E-state index contributed by atoms with van der Waals surface area (Å²) in [5.74, 6) is 0.983. The van der Waals surface area contributed by atoms with Crippen molar-refractivity contribution in [2.24, 2.45) is 0 Å². The summed E-state index contributed by atoms with van der Waals surface area (Å²) < 4.78 is 2.06. The molecule has 0 unspecified atom stereocenters. The fraction of sp³-hybridized carbons (Fsp3) is 0.556. The Balaban J connectivity index is 1.75. The van der Waals surface area contributed by atoms with Crippen LogP contribution in [0.5, 0.6) is 0 Å². The van der Waals surface area contributed by atoms with Gasteiger partial charge in [-0.1, -0.05) is 18.9 Å². The Morgan fingerprint density at radius 1 is 1.46 bits per heavy atom. The number of aromatic nitrogens is 2. The molecule has 0 aliphatic heterocycles. The quantitative estimate of drug-likeness (QED) is 0.865. The van der Waals surface area contributed by atoms with Gasteiger partial charge in [0.2, 0.25) is 5.91 Å². The van der Waals surface area contributed by atoms with E-state index in [1.165, 1.54) is 0 Å². The third-order valence-electron chi connectivity index (χ3n) is 5.05. The standard InChI is InChI=1S/C18H25N3O2S/c1-13-19-9-10-21(13)16-8-4-3-7-15(18(16)23)20(2)17(22)12-14-6-5-11-24-14/h5-6,9-11,15-16,18,23H,3-4,7-8,12H2,1-2H3/t15-,16-,18-/m1/s1. The SMILES string of the molecule is Cc1nccn1[C@@H]1CCCC[C@@H](N(C)C(=O)Cc2cccs2)[C@H]1O. The number of likely N-dealkylation sites (N-methyl/N-ethyl adjacent to an activating group) is 1. The fourth-order valence-corrected chi connectivity index (χ4v) is 4.34. The molecule has 3 atom stereocenters. The first-order chi connectivity index (χ1) is 11.6. The largest absolute Gasteiger partial charge is 0.389 e. The minimum Gasteiger partial charge on any atom is -0.389 e. The number of aryl methyl sites for hydroxylation is 1. The molecule has 0 spiro atoms. The number of hydrogen-bond acceptors (Lipinski definition) is 4. The van der Waals surface area contributed by atoms with Crippen LogP contribution < -0.4 is 0 Å². The van der Waals surface area contributed by atoms with E-state index in [9.17, 15) is 9.90 Å². The van der Waals surface area contributed by atoms with Crippen LogP contribution >= 0.6 is 11.3 Å². The highest BCUT2D eigenvalue weighted by Crippen LogP contribution is 2.31. The summed E-state index contributed by atoms with van der Waals surface area (Å²) >= 11 is 1.60. The second-order valence-corrected chi connectivity index (χ2v) is 7.58. The number of thiophene rings is 1. The molecule has 5 nitrogen and oxygen atoms in total. The minimum absolute atomic E-state index is 0.0167. The van der Waals surface area contributed by atoms with E-state index in [1.54, 1.807) is 22.4 Å². The summed E-state index contributed by atoms with van der Waals surface area (Å²) in [7, 11) is 1.83. The molecule has 1 N–H and O–H groups in total. The van der Waals surface area contributed by atoms with Gasteiger partial charge in [0.15, 0.2) is 0 Å². The number of hydrogen-bond donors (Lipinski definition) is 1. The van der Waals surface area contributed by atoms with Crippen molar-refractivity contribution >= 4 is 17.2 Å². The van der Waals surface area contributed by atoms with E-state index in [0.29, 0.717) is 6.42 Å². The van der Waals surface area contributed by atoms with Crippen molar-refractivity contribution in [2.45, 2.75) is 57.2 Å². The Hall–Kier alpha value is -1.66. The summed E-state index contributed by atoms with van der Waals surface area (Å²) in [6.07, 6.45) is 7.39. The Kier molecular flexibility index (Phi) is 5.36. The van der Waals surface area contributed by atoms with Crippen LogP contribution in [0, 0.1) is 6.92 Å². The summed E-state index contributed by atoms with van der Waals surface area (Å²) in [6, 6.07) is 3.78. The van der Waals surface area contributed by atoms with Gasteiger partial charge in [0.25, 0.3) is 0 Å². The number of carbonyl (C=O) groups is 1. The lowest BCUT2D eigenvalue weighted by molar-refractivity contribution is -0.134. The molecule has 1 saturated carbocycles. The number of nitrogens with zero attached hydrogens (tertiary/aromatic N) is 3. The number of imidazole rings is 1. The maximum Gasteiger partial charge on any atom is 0.227 e. The van der Waals surface area contributed by atoms with E-state index in [1.807, 2.05) is 37.7 Å². The van der Waals surface area contributed by atoms with Crippen LogP contribution in [0.1, 0.15) is 42.4 Å². The second kappa shape index (κ2) is 7.49. The normalized spacial score (nSPS) is 24.5. The van der Waals surface area contributed by atoms with Gasteiger partial charge < -0.3 is 14.6 Å². The minimum atomic E-state index is -0.572. The smallest absolute Gasteiger partial charge is 0.227 e. The first-order valence-electron chi connectivity index (χ1n) is 8.53. The Labute approximate surface area is 146 Å². The summed E-state index contributed by atoms with van der Waals surface area (Å²) in [4.78, 5) is 19.7. The first kappa shape index (κ1) is 17.2. The molecule has 1 amide bonds. The molecule has 0 radical (unpaired) electrons. The van der Waals surface area contributed by atoms with Crippen LogP contribution in [0.25, 0.3) is 0 Å². The van der Waals surface area contributed by atoms with Gasteiger partial charge in [-0.2, -0.15) is 0 Å². The second-order valence-electron chi connectivity index (χ2n) is 6.55. The van der Waals surface area contributed by atoms with Crippen molar-refractivity contribution in [1.29, 1.82) is 0 Å². The molecule has 24 heavy (non-hydrogen) atoms. The van der Waals surface area contributed by atoms with Gasteiger partial charge in [0.05, 0.1) is 24.6 Å². The predicted molar refractivity (Wildman–Crippen MR) is 95.1 cm³/mol. The number of carbonyl (C=O) groups excluding carboxylic acids is 1. The number of rotatable bonds is 4. The Morgan fingerprint density at radius 3 is 2.92 bits per heavy atom. The molecular formula is C18H25N3O2S. The van der Waals surface area contributed by atoms with Gasteiger partial charge in [-0.05, 0) is 31.2 Å². The molecule has 1 aliphatic rings. The summed E-state index contributed by atoms with van der Waals surface area (Å²) in [6.45, 7) is 1.96. The molecule has 2 heterocycles. The van der Waals surface area contributed by atoms with E-state index in [0.717, 1.165) is 36.4 Å². The van der Waals surface area contributed by atoms with E-state index in [-0.39, 0.29) is 18.0 Å². The maximum absolute atomic E-state index is 12.6. The van der Waals surface area contributed by atoms with Gasteiger partial charge in [-0.3, -0.25) is 4.79 Å².